The predicted octanol–water partition coefficient (Wildman–Crippen LogP) is 1.76. The normalized spacial score (nSPS) is 21.8. The minimum atomic E-state index is -3.16. The highest BCUT2D eigenvalue weighted by molar-refractivity contribution is 7.89. The number of sulfonamides is 1. The van der Waals surface area contributed by atoms with Gasteiger partial charge in [-0.25, -0.2) is 13.1 Å². The highest BCUT2D eigenvalue weighted by Gasteiger charge is 2.32. The van der Waals surface area contributed by atoms with E-state index in [2.05, 4.69) is 4.72 Å². The molecule has 4 nitrogen and oxygen atoms in total. The molecular weight excluding hydrogens is 236 g/mol. The fourth-order valence-corrected chi connectivity index (χ4v) is 4.17. The van der Waals surface area contributed by atoms with Crippen LogP contribution in [0.5, 0.6) is 0 Å². The summed E-state index contributed by atoms with van der Waals surface area (Å²) < 4.78 is 26.7. The lowest BCUT2D eigenvalue weighted by Gasteiger charge is -2.35. The van der Waals surface area contributed by atoms with Crippen molar-refractivity contribution in [2.75, 3.05) is 12.3 Å². The zero-order chi connectivity index (χ0) is 12.8. The quantitative estimate of drug-likeness (QED) is 0.793. The highest BCUT2D eigenvalue weighted by Crippen LogP contribution is 2.26. The first kappa shape index (κ1) is 14.9. The highest BCUT2D eigenvalue weighted by atomic mass is 32.2. The van der Waals surface area contributed by atoms with Gasteiger partial charge in [0.05, 0.1) is 5.75 Å². The Bertz CT molecular complexity index is 306. The van der Waals surface area contributed by atoms with E-state index in [0.29, 0.717) is 13.0 Å². The van der Waals surface area contributed by atoms with Crippen molar-refractivity contribution in [2.45, 2.75) is 63.8 Å². The van der Waals surface area contributed by atoms with Gasteiger partial charge in [-0.15, -0.1) is 0 Å². The average Bonchev–Trinajstić information content (AvgIpc) is 2.22. The van der Waals surface area contributed by atoms with Gasteiger partial charge in [0.1, 0.15) is 0 Å². The summed E-state index contributed by atoms with van der Waals surface area (Å²) in [6.45, 7) is 2.29. The molecule has 0 saturated heterocycles. The lowest BCUT2D eigenvalue weighted by Crippen LogP contribution is -2.54. The molecular formula is C12H26N2O2S. The van der Waals surface area contributed by atoms with Crippen molar-refractivity contribution in [1.29, 1.82) is 0 Å². The van der Waals surface area contributed by atoms with Crippen LogP contribution in [-0.2, 0) is 10.0 Å². The lowest BCUT2D eigenvalue weighted by atomic mass is 9.85. The third-order valence-electron chi connectivity index (χ3n) is 3.55. The monoisotopic (exact) mass is 262 g/mol. The maximum absolute atomic E-state index is 11.9. The summed E-state index contributed by atoms with van der Waals surface area (Å²) in [5.74, 6) is 0.203. The fourth-order valence-electron chi connectivity index (χ4n) is 2.58. The molecule has 17 heavy (non-hydrogen) atoms. The third-order valence-corrected chi connectivity index (χ3v) is 5.24. The van der Waals surface area contributed by atoms with E-state index in [0.717, 1.165) is 25.7 Å². The number of hydrogen-bond acceptors (Lipinski definition) is 3. The zero-order valence-electron chi connectivity index (χ0n) is 10.9. The molecule has 0 bridgehead atoms. The summed E-state index contributed by atoms with van der Waals surface area (Å²) in [6, 6.07) is 0. The molecule has 0 aromatic rings. The second-order valence-electron chi connectivity index (χ2n) is 5.17. The van der Waals surface area contributed by atoms with Gasteiger partial charge in [0.2, 0.25) is 10.0 Å². The summed E-state index contributed by atoms with van der Waals surface area (Å²) in [6.07, 6.45) is 8.21. The minimum absolute atomic E-state index is 0.203. The van der Waals surface area contributed by atoms with Gasteiger partial charge >= 0.3 is 0 Å². The van der Waals surface area contributed by atoms with E-state index in [1.807, 2.05) is 6.92 Å². The van der Waals surface area contributed by atoms with Crippen LogP contribution >= 0.6 is 0 Å². The van der Waals surface area contributed by atoms with Crippen molar-refractivity contribution in [3.63, 3.8) is 0 Å². The van der Waals surface area contributed by atoms with Crippen LogP contribution in [0.4, 0.5) is 0 Å². The van der Waals surface area contributed by atoms with E-state index in [4.69, 9.17) is 5.73 Å². The second-order valence-corrected chi connectivity index (χ2v) is 7.02. The smallest absolute Gasteiger partial charge is 0.212 e. The number of nitrogens with two attached hydrogens (primary N) is 1. The molecule has 0 radical (unpaired) electrons. The first-order valence-electron chi connectivity index (χ1n) is 6.75. The van der Waals surface area contributed by atoms with Crippen molar-refractivity contribution in [1.82, 2.24) is 4.72 Å². The first-order valence-corrected chi connectivity index (χ1v) is 8.40. The van der Waals surface area contributed by atoms with E-state index in [1.54, 1.807) is 0 Å². The maximum Gasteiger partial charge on any atom is 0.212 e. The van der Waals surface area contributed by atoms with Crippen molar-refractivity contribution in [3.05, 3.63) is 0 Å². The predicted molar refractivity (Wildman–Crippen MR) is 71.3 cm³/mol. The summed E-state index contributed by atoms with van der Waals surface area (Å²) >= 11 is 0. The van der Waals surface area contributed by atoms with Gasteiger partial charge in [0.15, 0.2) is 0 Å². The molecule has 3 N–H and O–H groups in total. The average molecular weight is 262 g/mol. The van der Waals surface area contributed by atoms with Gasteiger partial charge in [-0.1, -0.05) is 39.0 Å². The molecule has 0 heterocycles. The molecule has 0 aliphatic heterocycles. The Morgan fingerprint density at radius 3 is 2.12 bits per heavy atom. The Balaban J connectivity index is 2.71. The van der Waals surface area contributed by atoms with Crippen LogP contribution in [0.3, 0.4) is 0 Å². The first-order chi connectivity index (χ1) is 8.04. The van der Waals surface area contributed by atoms with Crippen LogP contribution in [0.15, 0.2) is 0 Å². The van der Waals surface area contributed by atoms with Crippen LogP contribution in [0.2, 0.25) is 0 Å². The zero-order valence-corrected chi connectivity index (χ0v) is 11.7. The van der Waals surface area contributed by atoms with Gasteiger partial charge in [-0.3, -0.25) is 0 Å². The van der Waals surface area contributed by atoms with Crippen LogP contribution < -0.4 is 10.5 Å². The molecule has 0 unspecified atom stereocenters. The van der Waals surface area contributed by atoms with Crippen LogP contribution in [0.1, 0.15) is 58.3 Å². The Labute approximate surface area is 105 Å². The summed E-state index contributed by atoms with van der Waals surface area (Å²) in [5.41, 5.74) is 5.45. The Morgan fingerprint density at radius 1 is 1.12 bits per heavy atom. The molecule has 1 saturated carbocycles. The molecule has 102 valence electrons. The van der Waals surface area contributed by atoms with E-state index in [1.165, 1.54) is 19.3 Å². The number of nitrogens with one attached hydrogen (secondary N) is 1. The van der Waals surface area contributed by atoms with Gasteiger partial charge < -0.3 is 5.73 Å². The van der Waals surface area contributed by atoms with E-state index in [9.17, 15) is 8.42 Å². The standard InChI is InChI=1S/C12H26N2O2S/c1-2-10-17(15,16)14-12(11-13)8-6-4-3-5-7-9-12/h14H,2-11,13H2,1H3. The second kappa shape index (κ2) is 6.71. The molecule has 0 atom stereocenters. The van der Waals surface area contributed by atoms with Crippen molar-refractivity contribution in [3.8, 4) is 0 Å². The van der Waals surface area contributed by atoms with Crippen molar-refractivity contribution in [2.24, 2.45) is 5.73 Å². The lowest BCUT2D eigenvalue weighted by molar-refractivity contribution is 0.296. The van der Waals surface area contributed by atoms with E-state index < -0.39 is 10.0 Å². The summed E-state index contributed by atoms with van der Waals surface area (Å²) in [7, 11) is -3.16. The topological polar surface area (TPSA) is 72.2 Å². The number of rotatable bonds is 5. The van der Waals surface area contributed by atoms with E-state index in [-0.39, 0.29) is 11.3 Å². The van der Waals surface area contributed by atoms with Crippen molar-refractivity contribution >= 4 is 10.0 Å². The Kier molecular flexibility index (Phi) is 5.89. The Morgan fingerprint density at radius 2 is 1.65 bits per heavy atom. The van der Waals surface area contributed by atoms with Crippen LogP contribution in [0.25, 0.3) is 0 Å². The largest absolute Gasteiger partial charge is 0.329 e. The molecule has 1 aliphatic carbocycles. The molecule has 1 rings (SSSR count). The minimum Gasteiger partial charge on any atom is -0.329 e. The van der Waals surface area contributed by atoms with Crippen molar-refractivity contribution < 1.29 is 8.42 Å². The molecule has 1 aliphatic rings. The third kappa shape index (κ3) is 4.94. The van der Waals surface area contributed by atoms with Gasteiger partial charge in [0, 0.05) is 12.1 Å². The van der Waals surface area contributed by atoms with Gasteiger partial charge in [0.25, 0.3) is 0 Å². The summed E-state index contributed by atoms with van der Waals surface area (Å²) in [4.78, 5) is 0. The van der Waals surface area contributed by atoms with Gasteiger partial charge in [-0.2, -0.15) is 0 Å². The SMILES string of the molecule is CCCS(=O)(=O)NC1(CN)CCCCCCC1. The van der Waals surface area contributed by atoms with Crippen LogP contribution in [0, 0.1) is 0 Å². The van der Waals surface area contributed by atoms with E-state index >= 15 is 0 Å². The molecule has 0 aromatic carbocycles. The summed E-state index contributed by atoms with van der Waals surface area (Å²) in [5, 5.41) is 0. The molecule has 0 amide bonds. The van der Waals surface area contributed by atoms with Gasteiger partial charge in [-0.05, 0) is 19.3 Å². The number of hydrogen-bond donors (Lipinski definition) is 2. The Hall–Kier alpha value is -0.130. The molecule has 0 spiro atoms. The molecule has 0 aromatic heterocycles. The molecule has 5 heteroatoms. The van der Waals surface area contributed by atoms with Crippen LogP contribution in [-0.4, -0.2) is 26.3 Å². The fraction of sp³-hybridized carbons (Fsp3) is 1.00. The maximum atomic E-state index is 11.9. The molecule has 1 fully saturated rings.